The first-order chi connectivity index (χ1) is 13.8. The van der Waals surface area contributed by atoms with E-state index in [1.165, 1.54) is 53.2 Å². The minimum absolute atomic E-state index is 0.0648. The SMILES string of the molecule is O=[N+]([O-])c1ccc(OP(=O)(Oc2ccc([N+](=O)[O-])cc2)N(CCCl)CCCl)cc1. The highest BCUT2D eigenvalue weighted by Gasteiger charge is 2.37. The molecule has 0 aliphatic heterocycles. The van der Waals surface area contributed by atoms with Crippen molar-refractivity contribution < 1.29 is 23.5 Å². The van der Waals surface area contributed by atoms with Crippen LogP contribution in [0.5, 0.6) is 11.5 Å². The lowest BCUT2D eigenvalue weighted by Gasteiger charge is -2.29. The summed E-state index contributed by atoms with van der Waals surface area (Å²) < 4.78 is 26.0. The maximum Gasteiger partial charge on any atom is 0.515 e. The van der Waals surface area contributed by atoms with Crippen molar-refractivity contribution in [1.82, 2.24) is 4.67 Å². The summed E-state index contributed by atoms with van der Waals surface area (Å²) in [5.74, 6) is 0.340. The standard InChI is InChI=1S/C16H16Cl2N3O7P/c17-9-11-19(12-10-18)29(26,27-15-5-1-13(2-6-15)20(22)23)28-16-7-3-14(4-8-16)21(24)25/h1-8H,9-12H2. The Morgan fingerprint density at radius 3 is 1.41 bits per heavy atom. The summed E-state index contributed by atoms with van der Waals surface area (Å²) in [4.78, 5) is 20.4. The van der Waals surface area contributed by atoms with Crippen LogP contribution in [0.25, 0.3) is 0 Å². The van der Waals surface area contributed by atoms with Crippen LogP contribution < -0.4 is 9.05 Å². The monoisotopic (exact) mass is 463 g/mol. The molecule has 0 unspecified atom stereocenters. The average molecular weight is 464 g/mol. The van der Waals surface area contributed by atoms with Gasteiger partial charge >= 0.3 is 7.75 Å². The normalized spacial score (nSPS) is 11.3. The summed E-state index contributed by atoms with van der Waals surface area (Å²) in [6.45, 7) is 0.233. The molecule has 0 saturated heterocycles. The van der Waals surface area contributed by atoms with Crippen molar-refractivity contribution >= 4 is 42.3 Å². The van der Waals surface area contributed by atoms with E-state index in [0.717, 1.165) is 0 Å². The lowest BCUT2D eigenvalue weighted by atomic mass is 10.3. The molecular formula is C16H16Cl2N3O7P. The molecule has 2 aromatic carbocycles. The van der Waals surface area contributed by atoms with Gasteiger partial charge in [0.15, 0.2) is 0 Å². The van der Waals surface area contributed by atoms with E-state index in [1.807, 2.05) is 0 Å². The van der Waals surface area contributed by atoms with Crippen LogP contribution in [0.2, 0.25) is 0 Å². The first-order valence-electron chi connectivity index (χ1n) is 8.14. The third-order valence-corrected chi connectivity index (χ3v) is 5.88. The molecule has 10 nitrogen and oxygen atoms in total. The van der Waals surface area contributed by atoms with Gasteiger partial charge in [-0.05, 0) is 24.3 Å². The number of non-ortho nitro benzene ring substituents is 2. The van der Waals surface area contributed by atoms with Crippen LogP contribution in [-0.4, -0.2) is 39.4 Å². The van der Waals surface area contributed by atoms with Crippen molar-refractivity contribution in [1.29, 1.82) is 0 Å². The summed E-state index contributed by atoms with van der Waals surface area (Å²) in [5.41, 5.74) is -0.330. The Kier molecular flexibility index (Phi) is 8.21. The van der Waals surface area contributed by atoms with E-state index in [1.54, 1.807) is 0 Å². The predicted molar refractivity (Wildman–Crippen MR) is 108 cm³/mol. The number of nitrogens with zero attached hydrogens (tertiary/aromatic N) is 3. The van der Waals surface area contributed by atoms with Crippen molar-refractivity contribution in [2.75, 3.05) is 24.8 Å². The Labute approximate surface area is 175 Å². The zero-order valence-corrected chi connectivity index (χ0v) is 17.3. The summed E-state index contributed by atoms with van der Waals surface area (Å²) in [6, 6.07) is 9.90. The number of nitro groups is 2. The molecule has 0 aliphatic carbocycles. The summed E-state index contributed by atoms with van der Waals surface area (Å²) in [5, 5.41) is 21.6. The van der Waals surface area contributed by atoms with E-state index in [9.17, 15) is 24.8 Å². The maximum atomic E-state index is 13.6. The molecule has 29 heavy (non-hydrogen) atoms. The Morgan fingerprint density at radius 2 is 1.14 bits per heavy atom. The van der Waals surface area contributed by atoms with Crippen molar-refractivity contribution in [3.8, 4) is 11.5 Å². The Bertz CT molecular complexity index is 827. The average Bonchev–Trinajstić information content (AvgIpc) is 2.68. The van der Waals surface area contributed by atoms with Gasteiger partial charge in [-0.2, -0.15) is 4.67 Å². The molecule has 156 valence electrons. The van der Waals surface area contributed by atoms with E-state index in [2.05, 4.69) is 0 Å². The number of benzene rings is 2. The summed E-state index contributed by atoms with van der Waals surface area (Å²) in [7, 11) is -4.06. The van der Waals surface area contributed by atoms with Gasteiger partial charge < -0.3 is 9.05 Å². The molecule has 0 saturated carbocycles. The smallest absolute Gasteiger partial charge is 0.404 e. The summed E-state index contributed by atoms with van der Waals surface area (Å²) >= 11 is 11.6. The molecule has 0 fully saturated rings. The number of nitro benzene ring substituents is 2. The summed E-state index contributed by atoms with van der Waals surface area (Å²) in [6.07, 6.45) is 0. The fourth-order valence-electron chi connectivity index (χ4n) is 2.21. The van der Waals surface area contributed by atoms with Crippen LogP contribution in [-0.2, 0) is 4.57 Å². The molecule has 0 bridgehead atoms. The first-order valence-corrected chi connectivity index (χ1v) is 10.7. The van der Waals surface area contributed by atoms with Gasteiger partial charge in [0.1, 0.15) is 11.5 Å². The predicted octanol–water partition coefficient (Wildman–Crippen LogP) is 4.85. The number of hydrogen-bond donors (Lipinski definition) is 0. The van der Waals surface area contributed by atoms with Crippen molar-refractivity contribution in [3.05, 3.63) is 68.8 Å². The molecule has 0 aromatic heterocycles. The second-order valence-electron chi connectivity index (χ2n) is 5.48. The molecule has 0 radical (unpaired) electrons. The van der Waals surface area contributed by atoms with Crippen LogP contribution in [0.15, 0.2) is 48.5 Å². The highest BCUT2D eigenvalue weighted by Crippen LogP contribution is 2.52. The van der Waals surface area contributed by atoms with E-state index in [4.69, 9.17) is 32.2 Å². The molecule has 13 heteroatoms. The second-order valence-corrected chi connectivity index (χ2v) is 8.11. The number of hydrogen-bond acceptors (Lipinski definition) is 7. The minimum Gasteiger partial charge on any atom is -0.404 e. The number of rotatable bonds is 11. The quantitative estimate of drug-likeness (QED) is 0.200. The van der Waals surface area contributed by atoms with Gasteiger partial charge in [0.2, 0.25) is 0 Å². The fourth-order valence-corrected chi connectivity index (χ4v) is 4.59. The molecule has 0 N–H and O–H groups in total. The Hall–Kier alpha value is -2.39. The highest BCUT2D eigenvalue weighted by molar-refractivity contribution is 7.52. The van der Waals surface area contributed by atoms with Crippen molar-refractivity contribution in [3.63, 3.8) is 0 Å². The minimum atomic E-state index is -4.06. The largest absolute Gasteiger partial charge is 0.515 e. The van der Waals surface area contributed by atoms with E-state index in [0.29, 0.717) is 0 Å². The van der Waals surface area contributed by atoms with Gasteiger partial charge in [-0.15, -0.1) is 23.2 Å². The first kappa shape index (κ1) is 22.9. The van der Waals surface area contributed by atoms with Gasteiger partial charge in [0, 0.05) is 49.1 Å². The van der Waals surface area contributed by atoms with E-state index in [-0.39, 0.29) is 47.7 Å². The van der Waals surface area contributed by atoms with Crippen LogP contribution in [0.3, 0.4) is 0 Å². The Balaban J connectivity index is 2.34. The Morgan fingerprint density at radius 1 is 0.793 bits per heavy atom. The van der Waals surface area contributed by atoms with E-state index >= 15 is 0 Å². The van der Waals surface area contributed by atoms with Crippen molar-refractivity contribution in [2.45, 2.75) is 0 Å². The topological polar surface area (TPSA) is 125 Å². The molecule has 2 aromatic rings. The van der Waals surface area contributed by atoms with E-state index < -0.39 is 17.6 Å². The van der Waals surface area contributed by atoms with Gasteiger partial charge in [-0.25, -0.2) is 4.57 Å². The van der Waals surface area contributed by atoms with Crippen molar-refractivity contribution in [2.24, 2.45) is 0 Å². The van der Waals surface area contributed by atoms with Gasteiger partial charge in [0.05, 0.1) is 9.85 Å². The lowest BCUT2D eigenvalue weighted by molar-refractivity contribution is -0.385. The maximum absolute atomic E-state index is 13.6. The van der Waals surface area contributed by atoms with Gasteiger partial charge in [0.25, 0.3) is 11.4 Å². The fraction of sp³-hybridized carbons (Fsp3) is 0.250. The van der Waals surface area contributed by atoms with Gasteiger partial charge in [-0.3, -0.25) is 20.2 Å². The van der Waals surface area contributed by atoms with Crippen LogP contribution in [0.1, 0.15) is 0 Å². The number of alkyl halides is 2. The molecular weight excluding hydrogens is 448 g/mol. The van der Waals surface area contributed by atoms with Crippen LogP contribution in [0, 0.1) is 20.2 Å². The van der Waals surface area contributed by atoms with Crippen LogP contribution in [0.4, 0.5) is 11.4 Å². The third kappa shape index (κ3) is 6.30. The highest BCUT2D eigenvalue weighted by atomic mass is 35.5. The molecule has 0 heterocycles. The second kappa shape index (κ2) is 10.4. The molecule has 0 atom stereocenters. The van der Waals surface area contributed by atoms with Gasteiger partial charge in [-0.1, -0.05) is 0 Å². The third-order valence-electron chi connectivity index (χ3n) is 3.57. The zero-order chi connectivity index (χ0) is 21.4. The van der Waals surface area contributed by atoms with Crippen LogP contribution >= 0.6 is 30.9 Å². The lowest BCUT2D eigenvalue weighted by Crippen LogP contribution is -2.29. The number of halogens is 2. The molecule has 0 aliphatic rings. The zero-order valence-electron chi connectivity index (χ0n) is 14.8. The molecule has 0 amide bonds. The molecule has 0 spiro atoms. The molecule has 2 rings (SSSR count).